The SMILES string of the molecule is COc1c(-c2cc3c(s2)CCCC3NC2CCN(C)CC2)ccc2c(=O)c(C(=O)O)cn(C3CC3)c12.Cl.Cl. The highest BCUT2D eigenvalue weighted by Crippen LogP contribution is 2.46. The van der Waals surface area contributed by atoms with Gasteiger partial charge in [0.15, 0.2) is 5.75 Å². The van der Waals surface area contributed by atoms with Crippen LogP contribution in [0.4, 0.5) is 0 Å². The van der Waals surface area contributed by atoms with Crippen LogP contribution in [0, 0.1) is 0 Å². The first-order valence-corrected chi connectivity index (χ1v) is 13.8. The van der Waals surface area contributed by atoms with Gasteiger partial charge in [0.05, 0.1) is 18.0 Å². The van der Waals surface area contributed by atoms with Crippen LogP contribution in [0.3, 0.4) is 0 Å². The zero-order valence-electron chi connectivity index (χ0n) is 21.7. The number of carboxylic acids is 1. The van der Waals surface area contributed by atoms with Gasteiger partial charge in [-0.2, -0.15) is 0 Å². The molecule has 6 rings (SSSR count). The second kappa shape index (κ2) is 11.6. The molecule has 3 aromatic rings. The molecule has 2 fully saturated rings. The van der Waals surface area contributed by atoms with Crippen molar-refractivity contribution in [2.75, 3.05) is 27.2 Å². The average molecular weight is 581 g/mol. The third kappa shape index (κ3) is 5.21. The van der Waals surface area contributed by atoms with Crippen LogP contribution in [0.1, 0.15) is 71.4 Å². The Morgan fingerprint density at radius 2 is 1.87 bits per heavy atom. The molecule has 206 valence electrons. The number of pyridine rings is 1. The van der Waals surface area contributed by atoms with E-state index in [-0.39, 0.29) is 36.4 Å². The minimum Gasteiger partial charge on any atom is -0.494 e. The van der Waals surface area contributed by atoms with Crippen molar-refractivity contribution in [3.8, 4) is 16.2 Å². The number of piperidine rings is 1. The van der Waals surface area contributed by atoms with Crippen molar-refractivity contribution < 1.29 is 14.6 Å². The Kier molecular flexibility index (Phi) is 8.79. The van der Waals surface area contributed by atoms with Gasteiger partial charge in [0, 0.05) is 39.6 Å². The summed E-state index contributed by atoms with van der Waals surface area (Å²) in [5.74, 6) is -0.528. The number of methoxy groups -OCH3 is 1. The number of hydrogen-bond acceptors (Lipinski definition) is 6. The maximum atomic E-state index is 13.0. The van der Waals surface area contributed by atoms with E-state index in [9.17, 15) is 14.7 Å². The number of hydrogen-bond donors (Lipinski definition) is 2. The molecule has 0 radical (unpaired) electrons. The van der Waals surface area contributed by atoms with Gasteiger partial charge in [0.2, 0.25) is 5.43 Å². The summed E-state index contributed by atoms with van der Waals surface area (Å²) in [5, 5.41) is 14.0. The first kappa shape index (κ1) is 28.9. The quantitative estimate of drug-likeness (QED) is 0.391. The predicted molar refractivity (Wildman–Crippen MR) is 157 cm³/mol. The summed E-state index contributed by atoms with van der Waals surface area (Å²) >= 11 is 1.83. The smallest absolute Gasteiger partial charge is 0.341 e. The maximum absolute atomic E-state index is 13.0. The number of carbonyl (C=O) groups is 1. The monoisotopic (exact) mass is 579 g/mol. The standard InChI is InChI=1S/C28H33N3O4S.2ClH/c1-30-12-10-16(11-13-30)29-22-4-3-5-23-20(22)14-24(36-23)18-8-9-19-25(27(18)35-2)31(17-6-7-17)15-21(26(19)32)28(33)34;;/h8-9,14-17,22,29H,3-7,10-13H2,1-2H3,(H,33,34);2*1H. The number of aromatic nitrogens is 1. The maximum Gasteiger partial charge on any atom is 0.341 e. The van der Waals surface area contributed by atoms with E-state index in [1.807, 2.05) is 22.0 Å². The molecule has 1 atom stereocenters. The molecule has 38 heavy (non-hydrogen) atoms. The zero-order chi connectivity index (χ0) is 25.0. The zero-order valence-corrected chi connectivity index (χ0v) is 24.1. The molecule has 1 aromatic carbocycles. The third-order valence-corrected chi connectivity index (χ3v) is 9.30. The van der Waals surface area contributed by atoms with E-state index in [0.29, 0.717) is 28.7 Å². The largest absolute Gasteiger partial charge is 0.494 e. The van der Waals surface area contributed by atoms with Crippen LogP contribution in [0.25, 0.3) is 21.3 Å². The summed E-state index contributed by atoms with van der Waals surface area (Å²) in [5.41, 5.74) is 2.45. The fraction of sp³-hybridized carbons (Fsp3) is 0.500. The fourth-order valence-electron chi connectivity index (χ4n) is 5.93. The number of aromatic carboxylic acids is 1. The number of carboxylic acid groups (broad SMARTS) is 1. The first-order chi connectivity index (χ1) is 17.4. The number of ether oxygens (including phenoxy) is 1. The minimum absolute atomic E-state index is 0. The molecule has 0 spiro atoms. The molecule has 7 nitrogen and oxygen atoms in total. The van der Waals surface area contributed by atoms with Crippen LogP contribution >= 0.6 is 36.2 Å². The van der Waals surface area contributed by atoms with Gasteiger partial charge in [-0.1, -0.05) is 0 Å². The molecule has 0 amide bonds. The summed E-state index contributed by atoms with van der Waals surface area (Å²) in [6, 6.07) is 7.18. The van der Waals surface area contributed by atoms with Crippen molar-refractivity contribution in [2.45, 2.75) is 63.1 Å². The number of nitrogens with zero attached hydrogens (tertiary/aromatic N) is 2. The lowest BCUT2D eigenvalue weighted by molar-refractivity contribution is 0.0695. The van der Waals surface area contributed by atoms with Crippen molar-refractivity contribution in [1.82, 2.24) is 14.8 Å². The Hall–Kier alpha value is -2.10. The van der Waals surface area contributed by atoms with Crippen LogP contribution in [-0.2, 0) is 6.42 Å². The number of rotatable bonds is 6. The summed E-state index contributed by atoms with van der Waals surface area (Å²) in [4.78, 5) is 29.8. The fourth-order valence-corrected chi connectivity index (χ4v) is 7.22. The number of thiophene rings is 1. The van der Waals surface area contributed by atoms with Crippen molar-refractivity contribution in [2.24, 2.45) is 0 Å². The van der Waals surface area contributed by atoms with Crippen LogP contribution in [0.5, 0.6) is 5.75 Å². The predicted octanol–water partition coefficient (Wildman–Crippen LogP) is 5.68. The topological polar surface area (TPSA) is 83.8 Å². The Bertz CT molecular complexity index is 1390. The van der Waals surface area contributed by atoms with Crippen molar-refractivity contribution in [3.63, 3.8) is 0 Å². The van der Waals surface area contributed by atoms with E-state index in [2.05, 4.69) is 23.3 Å². The highest BCUT2D eigenvalue weighted by Gasteiger charge is 2.31. The van der Waals surface area contributed by atoms with E-state index >= 15 is 0 Å². The Morgan fingerprint density at radius 1 is 1.13 bits per heavy atom. The number of likely N-dealkylation sites (tertiary alicyclic amines) is 1. The van der Waals surface area contributed by atoms with E-state index < -0.39 is 11.4 Å². The molecular weight excluding hydrogens is 545 g/mol. The normalized spacial score (nSPS) is 19.9. The van der Waals surface area contributed by atoms with Crippen LogP contribution in [-0.4, -0.2) is 53.8 Å². The highest BCUT2D eigenvalue weighted by atomic mass is 35.5. The Labute approximate surface area is 239 Å². The molecule has 0 bridgehead atoms. The molecule has 1 saturated heterocycles. The number of halogens is 2. The molecular formula is C28H35Cl2N3O4S. The molecule has 3 aliphatic rings. The second-order valence-electron chi connectivity index (χ2n) is 10.5. The van der Waals surface area contributed by atoms with Gasteiger partial charge in [-0.05, 0) is 88.8 Å². The Balaban J connectivity index is 0.00000168. The molecule has 2 aromatic heterocycles. The third-order valence-electron chi connectivity index (χ3n) is 8.06. The van der Waals surface area contributed by atoms with Crippen molar-refractivity contribution >= 4 is 53.0 Å². The van der Waals surface area contributed by atoms with E-state index in [0.717, 1.165) is 49.2 Å². The number of nitrogens with one attached hydrogen (secondary N) is 1. The highest BCUT2D eigenvalue weighted by molar-refractivity contribution is 7.15. The van der Waals surface area contributed by atoms with Crippen LogP contribution < -0.4 is 15.5 Å². The number of benzene rings is 1. The lowest BCUT2D eigenvalue weighted by Crippen LogP contribution is -2.42. The van der Waals surface area contributed by atoms with Crippen molar-refractivity contribution in [1.29, 1.82) is 0 Å². The molecule has 1 unspecified atom stereocenters. The lowest BCUT2D eigenvalue weighted by atomic mass is 9.91. The molecule has 1 saturated carbocycles. The van der Waals surface area contributed by atoms with Crippen molar-refractivity contribution in [3.05, 3.63) is 50.6 Å². The second-order valence-corrected chi connectivity index (χ2v) is 11.7. The summed E-state index contributed by atoms with van der Waals surface area (Å²) in [6.07, 6.45) is 9.27. The summed E-state index contributed by atoms with van der Waals surface area (Å²) in [6.45, 7) is 2.29. The van der Waals surface area contributed by atoms with Gasteiger partial charge in [0.1, 0.15) is 5.56 Å². The van der Waals surface area contributed by atoms with Crippen LogP contribution in [0.15, 0.2) is 29.2 Å². The average Bonchev–Trinajstić information content (AvgIpc) is 3.62. The molecule has 2 N–H and O–H groups in total. The van der Waals surface area contributed by atoms with E-state index in [4.69, 9.17) is 4.74 Å². The summed E-state index contributed by atoms with van der Waals surface area (Å²) in [7, 11) is 3.84. The van der Waals surface area contributed by atoms with Gasteiger partial charge in [-0.25, -0.2) is 4.79 Å². The number of fused-ring (bicyclic) bond motifs is 2. The number of aryl methyl sites for hydroxylation is 1. The van der Waals surface area contributed by atoms with Gasteiger partial charge >= 0.3 is 5.97 Å². The molecule has 3 heterocycles. The first-order valence-electron chi connectivity index (χ1n) is 13.0. The van der Waals surface area contributed by atoms with Gasteiger partial charge < -0.3 is 24.6 Å². The Morgan fingerprint density at radius 3 is 2.53 bits per heavy atom. The minimum atomic E-state index is -1.19. The summed E-state index contributed by atoms with van der Waals surface area (Å²) < 4.78 is 7.92. The van der Waals surface area contributed by atoms with E-state index in [1.54, 1.807) is 13.2 Å². The molecule has 1 aliphatic heterocycles. The van der Waals surface area contributed by atoms with Gasteiger partial charge in [0.25, 0.3) is 0 Å². The molecule has 10 heteroatoms. The van der Waals surface area contributed by atoms with Crippen LogP contribution in [0.2, 0.25) is 0 Å². The molecule has 2 aliphatic carbocycles. The van der Waals surface area contributed by atoms with Gasteiger partial charge in [-0.15, -0.1) is 36.2 Å². The van der Waals surface area contributed by atoms with Gasteiger partial charge in [-0.3, -0.25) is 4.79 Å². The van der Waals surface area contributed by atoms with E-state index in [1.165, 1.54) is 35.9 Å². The lowest BCUT2D eigenvalue weighted by Gasteiger charge is -2.34.